The summed E-state index contributed by atoms with van der Waals surface area (Å²) in [7, 11) is 1.71. The van der Waals surface area contributed by atoms with Crippen LogP contribution in [0.25, 0.3) is 17.0 Å². The van der Waals surface area contributed by atoms with Crippen molar-refractivity contribution < 1.29 is 14.7 Å². The zero-order valence-corrected chi connectivity index (χ0v) is 21.2. The summed E-state index contributed by atoms with van der Waals surface area (Å²) in [5, 5.41) is 21.8. The third-order valence-electron chi connectivity index (χ3n) is 5.49. The SMILES string of the molecule is Cc1cc(Br)cc2c(N=NC(=O)/C(=C/C=C\c3ccccc3)NC(=O)c3ccccc3)c(O)n(C)c12. The lowest BCUT2D eigenvalue weighted by atomic mass is 10.1. The maximum Gasteiger partial charge on any atom is 0.311 e. The summed E-state index contributed by atoms with van der Waals surface area (Å²) in [4.78, 5) is 25.8. The second-order valence-electron chi connectivity index (χ2n) is 8.03. The normalized spacial score (nSPS) is 12.0. The molecule has 4 rings (SSSR count). The molecule has 1 heterocycles. The topological polar surface area (TPSA) is 96.1 Å². The van der Waals surface area contributed by atoms with Gasteiger partial charge in [-0.15, -0.1) is 10.2 Å². The highest BCUT2D eigenvalue weighted by Gasteiger charge is 2.18. The van der Waals surface area contributed by atoms with Crippen LogP contribution in [0, 0.1) is 6.92 Å². The van der Waals surface area contributed by atoms with E-state index in [1.165, 1.54) is 6.08 Å². The summed E-state index contributed by atoms with van der Waals surface area (Å²) < 4.78 is 2.40. The number of carbonyl (C=O) groups is 2. The Bertz CT molecular complexity index is 1520. The smallest absolute Gasteiger partial charge is 0.311 e. The van der Waals surface area contributed by atoms with E-state index in [0.29, 0.717) is 10.9 Å². The molecular formula is C28H23BrN4O3. The number of amides is 2. The van der Waals surface area contributed by atoms with E-state index in [1.54, 1.807) is 60.2 Å². The van der Waals surface area contributed by atoms with Crippen LogP contribution >= 0.6 is 15.9 Å². The molecule has 7 nitrogen and oxygen atoms in total. The molecule has 0 bridgehead atoms. The molecule has 0 saturated carbocycles. The van der Waals surface area contributed by atoms with Crippen molar-refractivity contribution >= 4 is 50.4 Å². The average molecular weight is 543 g/mol. The number of halogens is 1. The van der Waals surface area contributed by atoms with E-state index in [1.807, 2.05) is 43.3 Å². The molecule has 2 amide bonds. The van der Waals surface area contributed by atoms with Crippen LogP contribution in [0.15, 0.2) is 105 Å². The fourth-order valence-electron chi connectivity index (χ4n) is 3.76. The molecule has 0 aliphatic heterocycles. The minimum Gasteiger partial charge on any atom is -0.493 e. The Morgan fingerprint density at radius 3 is 2.39 bits per heavy atom. The van der Waals surface area contributed by atoms with Gasteiger partial charge in [0.15, 0.2) is 5.69 Å². The predicted octanol–water partition coefficient (Wildman–Crippen LogP) is 6.59. The zero-order valence-electron chi connectivity index (χ0n) is 19.6. The van der Waals surface area contributed by atoms with E-state index in [2.05, 4.69) is 31.5 Å². The quantitative estimate of drug-likeness (QED) is 0.163. The van der Waals surface area contributed by atoms with Crippen molar-refractivity contribution in [3.05, 3.63) is 112 Å². The van der Waals surface area contributed by atoms with E-state index in [9.17, 15) is 14.7 Å². The van der Waals surface area contributed by atoms with Gasteiger partial charge in [-0.3, -0.25) is 9.59 Å². The molecule has 0 fully saturated rings. The van der Waals surface area contributed by atoms with Crippen LogP contribution < -0.4 is 5.32 Å². The molecule has 3 aromatic carbocycles. The Morgan fingerprint density at radius 2 is 1.69 bits per heavy atom. The molecular weight excluding hydrogens is 520 g/mol. The van der Waals surface area contributed by atoms with E-state index >= 15 is 0 Å². The van der Waals surface area contributed by atoms with E-state index in [0.717, 1.165) is 21.1 Å². The third kappa shape index (κ3) is 5.50. The Morgan fingerprint density at radius 1 is 1.03 bits per heavy atom. The summed E-state index contributed by atoms with van der Waals surface area (Å²) in [6.07, 6.45) is 4.92. The summed E-state index contributed by atoms with van der Waals surface area (Å²) in [5.41, 5.74) is 3.13. The van der Waals surface area contributed by atoms with Crippen LogP contribution in [0.5, 0.6) is 5.88 Å². The molecule has 0 radical (unpaired) electrons. The highest BCUT2D eigenvalue weighted by molar-refractivity contribution is 9.10. The number of benzene rings is 3. The number of allylic oxidation sites excluding steroid dienone is 2. The van der Waals surface area contributed by atoms with Gasteiger partial charge in [-0.05, 0) is 48.4 Å². The number of aromatic nitrogens is 1. The molecule has 2 N–H and O–H groups in total. The summed E-state index contributed by atoms with van der Waals surface area (Å²) in [6.45, 7) is 1.91. The molecule has 4 aromatic rings. The molecule has 1 aromatic heterocycles. The number of aryl methyl sites for hydroxylation is 2. The molecule has 0 aliphatic rings. The van der Waals surface area contributed by atoms with Gasteiger partial charge >= 0.3 is 5.91 Å². The highest BCUT2D eigenvalue weighted by Crippen LogP contribution is 2.40. The fourth-order valence-corrected chi connectivity index (χ4v) is 4.34. The lowest BCUT2D eigenvalue weighted by Gasteiger charge is -2.06. The number of nitrogens with one attached hydrogen (secondary N) is 1. The summed E-state index contributed by atoms with van der Waals surface area (Å²) in [6, 6.07) is 21.8. The van der Waals surface area contributed by atoms with Gasteiger partial charge < -0.3 is 15.0 Å². The molecule has 0 unspecified atom stereocenters. The van der Waals surface area contributed by atoms with Crippen molar-refractivity contribution in [3.8, 4) is 5.88 Å². The highest BCUT2D eigenvalue weighted by atomic mass is 79.9. The number of azo groups is 1. The van der Waals surface area contributed by atoms with Crippen molar-refractivity contribution in [3.63, 3.8) is 0 Å². The van der Waals surface area contributed by atoms with Crippen LogP contribution in [0.4, 0.5) is 5.69 Å². The lowest BCUT2D eigenvalue weighted by Crippen LogP contribution is -2.26. The number of carbonyl (C=O) groups excluding carboxylic acids is 2. The van der Waals surface area contributed by atoms with Crippen LogP contribution in [0.2, 0.25) is 0 Å². The maximum atomic E-state index is 13.0. The Labute approximate surface area is 216 Å². The predicted molar refractivity (Wildman–Crippen MR) is 144 cm³/mol. The van der Waals surface area contributed by atoms with Crippen molar-refractivity contribution in [2.75, 3.05) is 0 Å². The number of hydrogen-bond acceptors (Lipinski definition) is 4. The standard InChI is InChI=1S/C28H23BrN4O3/c1-18-16-21(29)17-22-24(28(36)33(2)25(18)22)31-32-27(35)23(15-9-12-19-10-5-3-6-11-19)30-26(34)20-13-7-4-8-14-20/h3-17,36H,1-2H3,(H,30,34)/b12-9-,23-15-,32-31?. The third-order valence-corrected chi connectivity index (χ3v) is 5.95. The molecule has 0 spiro atoms. The Hall–Kier alpha value is -4.30. The summed E-state index contributed by atoms with van der Waals surface area (Å²) in [5.74, 6) is -1.34. The first-order valence-corrected chi connectivity index (χ1v) is 11.9. The number of hydrogen-bond donors (Lipinski definition) is 2. The Kier molecular flexibility index (Phi) is 7.56. The minimum absolute atomic E-state index is 0.0585. The molecule has 180 valence electrons. The van der Waals surface area contributed by atoms with Crippen LogP contribution in [0.3, 0.4) is 0 Å². The number of rotatable bonds is 6. The van der Waals surface area contributed by atoms with Gasteiger partial charge in [-0.25, -0.2) is 0 Å². The second kappa shape index (κ2) is 11.0. The first kappa shape index (κ1) is 24.8. The monoisotopic (exact) mass is 542 g/mol. The van der Waals surface area contributed by atoms with Gasteiger partial charge in [-0.2, -0.15) is 0 Å². The molecule has 36 heavy (non-hydrogen) atoms. The van der Waals surface area contributed by atoms with Gasteiger partial charge in [-0.1, -0.05) is 76.6 Å². The minimum atomic E-state index is -0.764. The fraction of sp³-hybridized carbons (Fsp3) is 0.0714. The van der Waals surface area contributed by atoms with E-state index < -0.39 is 11.8 Å². The van der Waals surface area contributed by atoms with Gasteiger partial charge in [0, 0.05) is 22.5 Å². The molecule has 0 saturated heterocycles. The lowest BCUT2D eigenvalue weighted by molar-refractivity contribution is -0.115. The van der Waals surface area contributed by atoms with Gasteiger partial charge in [0.2, 0.25) is 5.88 Å². The first-order valence-electron chi connectivity index (χ1n) is 11.1. The molecule has 8 heteroatoms. The van der Waals surface area contributed by atoms with Gasteiger partial charge in [0.25, 0.3) is 5.91 Å². The van der Waals surface area contributed by atoms with Crippen molar-refractivity contribution in [2.45, 2.75) is 6.92 Å². The zero-order chi connectivity index (χ0) is 25.7. The van der Waals surface area contributed by atoms with Crippen molar-refractivity contribution in [1.82, 2.24) is 9.88 Å². The number of nitrogens with zero attached hydrogens (tertiary/aromatic N) is 3. The Balaban J connectivity index is 1.67. The van der Waals surface area contributed by atoms with Crippen molar-refractivity contribution in [1.29, 1.82) is 0 Å². The van der Waals surface area contributed by atoms with Gasteiger partial charge in [0.1, 0.15) is 5.70 Å². The van der Waals surface area contributed by atoms with Crippen molar-refractivity contribution in [2.24, 2.45) is 17.3 Å². The maximum absolute atomic E-state index is 13.0. The van der Waals surface area contributed by atoms with E-state index in [-0.39, 0.29) is 17.3 Å². The molecule has 0 aliphatic carbocycles. The number of aromatic hydroxyl groups is 1. The number of fused-ring (bicyclic) bond motifs is 1. The van der Waals surface area contributed by atoms with Crippen LogP contribution in [0.1, 0.15) is 21.5 Å². The first-order chi connectivity index (χ1) is 17.3. The van der Waals surface area contributed by atoms with E-state index in [4.69, 9.17) is 0 Å². The molecule has 0 atom stereocenters. The van der Waals surface area contributed by atoms with Crippen LogP contribution in [-0.4, -0.2) is 21.5 Å². The average Bonchev–Trinajstić information content (AvgIpc) is 3.12. The summed E-state index contributed by atoms with van der Waals surface area (Å²) >= 11 is 3.46. The van der Waals surface area contributed by atoms with Crippen LogP contribution in [-0.2, 0) is 11.8 Å². The second-order valence-corrected chi connectivity index (χ2v) is 8.94. The largest absolute Gasteiger partial charge is 0.493 e. The van der Waals surface area contributed by atoms with Gasteiger partial charge in [0.05, 0.1) is 5.52 Å².